The van der Waals surface area contributed by atoms with Crippen LogP contribution >= 0.6 is 11.3 Å². The number of carbonyl (C=O) groups excluding carboxylic acids is 2. The predicted molar refractivity (Wildman–Crippen MR) is 207 cm³/mol. The van der Waals surface area contributed by atoms with Gasteiger partial charge in [0.25, 0.3) is 0 Å². The Morgan fingerprint density at radius 1 is 1.06 bits per heavy atom. The zero-order valence-corrected chi connectivity index (χ0v) is 33.0. The van der Waals surface area contributed by atoms with Crippen LogP contribution in [-0.2, 0) is 27.8 Å². The second-order valence-corrected chi connectivity index (χ2v) is 16.9. The van der Waals surface area contributed by atoms with Gasteiger partial charge in [0.05, 0.1) is 36.8 Å². The van der Waals surface area contributed by atoms with Crippen molar-refractivity contribution >= 4 is 33.3 Å². The number of benzene rings is 2. The normalized spacial score (nSPS) is 15.5. The van der Waals surface area contributed by atoms with E-state index in [2.05, 4.69) is 10.3 Å². The van der Waals surface area contributed by atoms with E-state index in [1.165, 1.54) is 47.6 Å². The van der Waals surface area contributed by atoms with Gasteiger partial charge < -0.3 is 30.1 Å². The number of nitrogens with one attached hydrogen (secondary N) is 1. The number of sulfonamides is 1. The molecule has 3 N–H and O–H groups in total. The summed E-state index contributed by atoms with van der Waals surface area (Å²) < 4.78 is 34.1. The lowest BCUT2D eigenvalue weighted by Crippen LogP contribution is -2.63. The van der Waals surface area contributed by atoms with Crippen LogP contribution in [0.4, 0.5) is 4.79 Å². The Balaban J connectivity index is 1.39. The first-order valence-electron chi connectivity index (χ1n) is 18.1. The van der Waals surface area contributed by atoms with Gasteiger partial charge in [-0.2, -0.15) is 4.31 Å². The number of nitrogens with zero attached hydrogens (tertiary/aromatic N) is 5. The average Bonchev–Trinajstić information content (AvgIpc) is 3.78. The number of amides is 3. The topological polar surface area (TPSA) is 166 Å². The standard InChI is InChI=1S/C39H50N6O7S2/c1-6-28(4)35(45-20-19-43(38(45)47)24-31-25-53-37(41-31)30-13-10-18-40-22-30)36(46)42-34(21-29-11-8-7-9-12-29)39(48,49)26-44(23-27(2)3)54(50,51)33-16-14-32(52-5)15-17-33/h7-18,22,25,27-28,34-35,48-49H,6,19-21,23-24,26H2,1-5H3,(H,42,46)/t28-,34-,35-/m0/s1. The first-order valence-corrected chi connectivity index (χ1v) is 20.4. The smallest absolute Gasteiger partial charge is 0.321 e. The summed E-state index contributed by atoms with van der Waals surface area (Å²) in [5.74, 6) is -3.27. The van der Waals surface area contributed by atoms with E-state index in [9.17, 15) is 28.2 Å². The molecule has 0 radical (unpaired) electrons. The second-order valence-electron chi connectivity index (χ2n) is 14.1. The van der Waals surface area contributed by atoms with Gasteiger partial charge in [-0.25, -0.2) is 18.2 Å². The SMILES string of the molecule is CC[C@H](C)[C@@H](C(=O)N[C@@H](Cc1ccccc1)C(O)(O)CN(CC(C)C)S(=O)(=O)c1ccc(OC)cc1)N1CCN(Cc2csc(-c3cccnc3)n2)C1=O. The minimum atomic E-state index is -4.21. The zero-order chi connectivity index (χ0) is 39.0. The van der Waals surface area contributed by atoms with Crippen molar-refractivity contribution in [1.82, 2.24) is 29.4 Å². The fraction of sp³-hybridized carbons (Fsp3) is 0.436. The average molecular weight is 779 g/mol. The summed E-state index contributed by atoms with van der Waals surface area (Å²) in [5.41, 5.74) is 2.31. The van der Waals surface area contributed by atoms with Crippen LogP contribution in [0.5, 0.6) is 5.75 Å². The molecule has 1 aliphatic heterocycles. The maximum absolute atomic E-state index is 14.4. The van der Waals surface area contributed by atoms with Gasteiger partial charge in [0, 0.05) is 43.0 Å². The van der Waals surface area contributed by atoms with Crippen molar-refractivity contribution in [2.75, 3.05) is 33.3 Å². The molecule has 3 atom stereocenters. The molecule has 54 heavy (non-hydrogen) atoms. The number of urea groups is 1. The lowest BCUT2D eigenvalue weighted by Gasteiger charge is -2.38. The number of hydrogen-bond acceptors (Lipinski definition) is 10. The minimum Gasteiger partial charge on any atom is -0.497 e. The molecule has 0 unspecified atom stereocenters. The Bertz CT molecular complexity index is 1940. The van der Waals surface area contributed by atoms with E-state index in [-0.39, 0.29) is 48.8 Å². The van der Waals surface area contributed by atoms with Gasteiger partial charge in [0.1, 0.15) is 16.8 Å². The molecule has 1 aliphatic rings. The summed E-state index contributed by atoms with van der Waals surface area (Å²) in [6, 6.07) is 16.0. The number of carbonyl (C=O) groups is 2. The highest BCUT2D eigenvalue weighted by Crippen LogP contribution is 2.28. The number of ether oxygens (including phenoxy) is 1. The number of methoxy groups -OCH3 is 1. The van der Waals surface area contributed by atoms with Crippen LogP contribution < -0.4 is 10.1 Å². The molecule has 4 aromatic rings. The van der Waals surface area contributed by atoms with E-state index in [0.29, 0.717) is 24.3 Å². The molecule has 2 aromatic heterocycles. The summed E-state index contributed by atoms with van der Waals surface area (Å²) in [7, 11) is -2.73. The molecule has 0 saturated carbocycles. The van der Waals surface area contributed by atoms with Crippen LogP contribution in [0.15, 0.2) is 89.4 Å². The maximum atomic E-state index is 14.4. The monoisotopic (exact) mass is 778 g/mol. The van der Waals surface area contributed by atoms with Crippen LogP contribution in [0, 0.1) is 11.8 Å². The molecule has 13 nitrogen and oxygen atoms in total. The van der Waals surface area contributed by atoms with Crippen LogP contribution in [-0.4, -0.2) is 106 Å². The van der Waals surface area contributed by atoms with Crippen molar-refractivity contribution in [3.63, 3.8) is 0 Å². The van der Waals surface area contributed by atoms with Crippen molar-refractivity contribution in [2.24, 2.45) is 11.8 Å². The molecule has 3 amide bonds. The van der Waals surface area contributed by atoms with Crippen LogP contribution in [0.3, 0.4) is 0 Å². The summed E-state index contributed by atoms with van der Waals surface area (Å²) in [6.07, 6.45) is 3.98. The Hall–Kier alpha value is -4.41. The molecule has 290 valence electrons. The molecule has 0 aliphatic carbocycles. The van der Waals surface area contributed by atoms with E-state index < -0.39 is 40.3 Å². The van der Waals surface area contributed by atoms with Gasteiger partial charge in [-0.3, -0.25) is 9.78 Å². The number of hydrogen-bond donors (Lipinski definition) is 3. The van der Waals surface area contributed by atoms with Crippen molar-refractivity contribution in [1.29, 1.82) is 0 Å². The van der Waals surface area contributed by atoms with Crippen molar-refractivity contribution < 1.29 is 33.0 Å². The number of aromatic nitrogens is 2. The van der Waals surface area contributed by atoms with Gasteiger partial charge in [-0.05, 0) is 60.2 Å². The van der Waals surface area contributed by atoms with Crippen molar-refractivity contribution in [3.05, 3.63) is 95.8 Å². The predicted octanol–water partition coefficient (Wildman–Crippen LogP) is 4.62. The molecule has 3 heterocycles. The fourth-order valence-electron chi connectivity index (χ4n) is 6.49. The van der Waals surface area contributed by atoms with Crippen molar-refractivity contribution in [2.45, 2.75) is 69.8 Å². The van der Waals surface area contributed by atoms with E-state index >= 15 is 0 Å². The Morgan fingerprint density at radius 3 is 2.41 bits per heavy atom. The Labute approximate surface area is 321 Å². The lowest BCUT2D eigenvalue weighted by molar-refractivity contribution is -0.190. The molecular formula is C39H50N6O7S2. The molecule has 0 bridgehead atoms. The fourth-order valence-corrected chi connectivity index (χ4v) is 8.93. The van der Waals surface area contributed by atoms with Crippen LogP contribution in [0.2, 0.25) is 0 Å². The summed E-state index contributed by atoms with van der Waals surface area (Å²) >= 11 is 1.47. The third-order valence-electron chi connectivity index (χ3n) is 9.56. The number of rotatable bonds is 18. The largest absolute Gasteiger partial charge is 0.497 e. The molecule has 5 rings (SSSR count). The molecule has 2 aromatic carbocycles. The maximum Gasteiger partial charge on any atom is 0.321 e. The Morgan fingerprint density at radius 2 is 1.78 bits per heavy atom. The number of aliphatic hydroxyl groups is 2. The quantitative estimate of drug-likeness (QED) is 0.122. The van der Waals surface area contributed by atoms with E-state index in [1.807, 2.05) is 51.3 Å². The van der Waals surface area contributed by atoms with E-state index in [1.54, 1.807) is 41.6 Å². The highest BCUT2D eigenvalue weighted by molar-refractivity contribution is 7.89. The van der Waals surface area contributed by atoms with Gasteiger partial charge in [0.2, 0.25) is 15.9 Å². The van der Waals surface area contributed by atoms with E-state index in [0.717, 1.165) is 20.6 Å². The van der Waals surface area contributed by atoms with Crippen molar-refractivity contribution in [3.8, 4) is 16.3 Å². The summed E-state index contributed by atoms with van der Waals surface area (Å²) in [4.78, 5) is 40.3. The second kappa shape index (κ2) is 17.8. The van der Waals surface area contributed by atoms with Gasteiger partial charge in [-0.1, -0.05) is 64.4 Å². The first kappa shape index (κ1) is 40.8. The molecular weight excluding hydrogens is 729 g/mol. The number of thiazole rings is 1. The van der Waals surface area contributed by atoms with Gasteiger partial charge in [-0.15, -0.1) is 11.3 Å². The van der Waals surface area contributed by atoms with E-state index in [4.69, 9.17) is 9.72 Å². The highest BCUT2D eigenvalue weighted by Gasteiger charge is 2.45. The minimum absolute atomic E-state index is 0.0143. The highest BCUT2D eigenvalue weighted by atomic mass is 32.2. The van der Waals surface area contributed by atoms with Crippen LogP contribution in [0.1, 0.15) is 45.4 Å². The third-order valence-corrected chi connectivity index (χ3v) is 12.3. The zero-order valence-electron chi connectivity index (χ0n) is 31.3. The number of pyridine rings is 1. The lowest BCUT2D eigenvalue weighted by atomic mass is 9.94. The molecule has 15 heteroatoms. The van der Waals surface area contributed by atoms with Gasteiger partial charge >= 0.3 is 6.03 Å². The third kappa shape index (κ3) is 9.82. The molecule has 1 saturated heterocycles. The molecule has 0 spiro atoms. The Kier molecular flexibility index (Phi) is 13.5. The van der Waals surface area contributed by atoms with Gasteiger partial charge in [0.15, 0.2) is 5.79 Å². The summed E-state index contributed by atoms with van der Waals surface area (Å²) in [6.45, 7) is 7.66. The first-order chi connectivity index (χ1) is 25.7. The van der Waals surface area contributed by atoms with Crippen LogP contribution in [0.25, 0.3) is 10.6 Å². The molecule has 1 fully saturated rings. The summed E-state index contributed by atoms with van der Waals surface area (Å²) in [5, 5.41) is 29.3.